The monoisotopic (exact) mass is 179 g/mol. The number of fused-ring (bicyclic) bond motifs is 1. The van der Waals surface area contributed by atoms with E-state index in [4.69, 9.17) is 11.6 Å². The number of hydrogen-bond donors (Lipinski definition) is 1. The number of aromatic nitrogens is 1. The summed E-state index contributed by atoms with van der Waals surface area (Å²) in [5, 5.41) is 11.4. The summed E-state index contributed by atoms with van der Waals surface area (Å²) in [4.78, 5) is 3.87. The van der Waals surface area contributed by atoms with E-state index in [0.29, 0.717) is 5.15 Å². The van der Waals surface area contributed by atoms with E-state index in [0.717, 1.165) is 10.8 Å². The average Bonchev–Trinajstić information content (AvgIpc) is 2.04. The molecule has 0 unspecified atom stereocenters. The van der Waals surface area contributed by atoms with Gasteiger partial charge in [0.1, 0.15) is 10.9 Å². The van der Waals surface area contributed by atoms with Gasteiger partial charge in [-0.05, 0) is 17.5 Å². The highest BCUT2D eigenvalue weighted by Gasteiger charge is 1.98. The number of phenolic OH excluding ortho intramolecular Hbond substituents is 1. The molecule has 0 aliphatic carbocycles. The second kappa shape index (κ2) is 2.64. The van der Waals surface area contributed by atoms with Crippen molar-refractivity contribution in [2.45, 2.75) is 0 Å². The van der Waals surface area contributed by atoms with Crippen LogP contribution in [0.15, 0.2) is 30.5 Å². The minimum absolute atomic E-state index is 0.233. The second-order valence-electron chi connectivity index (χ2n) is 2.51. The quantitative estimate of drug-likeness (QED) is 0.631. The van der Waals surface area contributed by atoms with Gasteiger partial charge >= 0.3 is 0 Å². The van der Waals surface area contributed by atoms with Crippen molar-refractivity contribution in [1.29, 1.82) is 0 Å². The van der Waals surface area contributed by atoms with E-state index in [1.165, 1.54) is 0 Å². The maximum Gasteiger partial charge on any atom is 0.129 e. The fourth-order valence-electron chi connectivity index (χ4n) is 1.13. The molecule has 3 heteroatoms. The number of phenols is 1. The van der Waals surface area contributed by atoms with Crippen molar-refractivity contribution in [2.24, 2.45) is 0 Å². The summed E-state index contributed by atoms with van der Waals surface area (Å²) < 4.78 is 0. The van der Waals surface area contributed by atoms with Crippen LogP contribution in [0, 0.1) is 0 Å². The summed E-state index contributed by atoms with van der Waals surface area (Å²) in [6, 6.07) is 6.99. The highest BCUT2D eigenvalue weighted by atomic mass is 35.5. The van der Waals surface area contributed by atoms with Crippen LogP contribution in [0.4, 0.5) is 0 Å². The maximum absolute atomic E-state index is 9.38. The van der Waals surface area contributed by atoms with Crippen LogP contribution in [0.3, 0.4) is 0 Å². The number of pyridine rings is 1. The summed E-state index contributed by atoms with van der Waals surface area (Å²) in [6.45, 7) is 0. The van der Waals surface area contributed by atoms with Crippen LogP contribution in [0.2, 0.25) is 5.15 Å². The standard InChI is InChI=1S/C9H6ClNO/c10-9-4-6-2-1-3-8(12)7(6)5-11-9/h1-5,12H. The molecule has 2 nitrogen and oxygen atoms in total. The Bertz CT molecular complexity index is 428. The Morgan fingerprint density at radius 3 is 3.00 bits per heavy atom. The highest BCUT2D eigenvalue weighted by Crippen LogP contribution is 2.24. The number of benzene rings is 1. The van der Waals surface area contributed by atoms with E-state index in [1.807, 2.05) is 6.07 Å². The van der Waals surface area contributed by atoms with Crippen molar-refractivity contribution >= 4 is 22.4 Å². The first-order valence-corrected chi connectivity index (χ1v) is 3.88. The highest BCUT2D eigenvalue weighted by molar-refractivity contribution is 6.30. The van der Waals surface area contributed by atoms with E-state index in [-0.39, 0.29) is 5.75 Å². The summed E-state index contributed by atoms with van der Waals surface area (Å²) in [6.07, 6.45) is 1.56. The maximum atomic E-state index is 9.38. The number of nitrogens with zero attached hydrogens (tertiary/aromatic N) is 1. The van der Waals surface area contributed by atoms with Gasteiger partial charge in [-0.3, -0.25) is 0 Å². The van der Waals surface area contributed by atoms with Crippen LogP contribution in [-0.2, 0) is 0 Å². The Balaban J connectivity index is 2.86. The van der Waals surface area contributed by atoms with Gasteiger partial charge in [-0.25, -0.2) is 4.98 Å². The van der Waals surface area contributed by atoms with Crippen LogP contribution >= 0.6 is 11.6 Å². The van der Waals surface area contributed by atoms with Crippen LogP contribution in [0.5, 0.6) is 5.75 Å². The van der Waals surface area contributed by atoms with Crippen LogP contribution < -0.4 is 0 Å². The first-order valence-electron chi connectivity index (χ1n) is 3.50. The third kappa shape index (κ3) is 1.10. The molecule has 60 valence electrons. The zero-order chi connectivity index (χ0) is 8.55. The first-order chi connectivity index (χ1) is 5.77. The summed E-state index contributed by atoms with van der Waals surface area (Å²) in [5.74, 6) is 0.233. The number of aromatic hydroxyl groups is 1. The Kier molecular flexibility index (Phi) is 1.62. The first kappa shape index (κ1) is 7.37. The van der Waals surface area contributed by atoms with Gasteiger partial charge in [0.25, 0.3) is 0 Å². The molecule has 1 aromatic carbocycles. The van der Waals surface area contributed by atoms with E-state index < -0.39 is 0 Å². The minimum Gasteiger partial charge on any atom is -0.507 e. The van der Waals surface area contributed by atoms with Gasteiger partial charge in [-0.15, -0.1) is 0 Å². The molecule has 0 atom stereocenters. The third-order valence-electron chi connectivity index (χ3n) is 1.71. The largest absolute Gasteiger partial charge is 0.507 e. The summed E-state index contributed by atoms with van der Waals surface area (Å²) in [7, 11) is 0. The lowest BCUT2D eigenvalue weighted by Crippen LogP contribution is -1.77. The van der Waals surface area contributed by atoms with Crippen LogP contribution in [0.1, 0.15) is 0 Å². The van der Waals surface area contributed by atoms with Crippen molar-refractivity contribution in [1.82, 2.24) is 4.98 Å². The van der Waals surface area contributed by atoms with Crippen molar-refractivity contribution in [2.75, 3.05) is 0 Å². The topological polar surface area (TPSA) is 33.1 Å². The van der Waals surface area contributed by atoms with Gasteiger partial charge in [0, 0.05) is 11.6 Å². The molecule has 0 bridgehead atoms. The molecular weight excluding hydrogens is 174 g/mol. The molecule has 0 saturated heterocycles. The Hall–Kier alpha value is -1.28. The van der Waals surface area contributed by atoms with Crippen molar-refractivity contribution < 1.29 is 5.11 Å². The van der Waals surface area contributed by atoms with Gasteiger partial charge in [0.05, 0.1) is 0 Å². The molecule has 0 aliphatic rings. The molecule has 0 spiro atoms. The van der Waals surface area contributed by atoms with Crippen LogP contribution in [-0.4, -0.2) is 10.1 Å². The lowest BCUT2D eigenvalue weighted by Gasteiger charge is -1.98. The fraction of sp³-hybridized carbons (Fsp3) is 0. The predicted octanol–water partition coefficient (Wildman–Crippen LogP) is 2.59. The Labute approximate surface area is 74.4 Å². The zero-order valence-corrected chi connectivity index (χ0v) is 6.92. The summed E-state index contributed by atoms with van der Waals surface area (Å²) >= 11 is 5.68. The van der Waals surface area contributed by atoms with Gasteiger partial charge in [-0.2, -0.15) is 0 Å². The summed E-state index contributed by atoms with van der Waals surface area (Å²) in [5.41, 5.74) is 0. The number of halogens is 1. The molecule has 0 aliphatic heterocycles. The third-order valence-corrected chi connectivity index (χ3v) is 1.92. The SMILES string of the molecule is Oc1cccc2cc(Cl)ncc12. The minimum atomic E-state index is 0.233. The zero-order valence-electron chi connectivity index (χ0n) is 6.16. The molecular formula is C9H6ClNO. The molecule has 0 radical (unpaired) electrons. The Morgan fingerprint density at radius 1 is 1.33 bits per heavy atom. The van der Waals surface area contributed by atoms with Crippen molar-refractivity contribution in [3.63, 3.8) is 0 Å². The number of hydrogen-bond acceptors (Lipinski definition) is 2. The van der Waals surface area contributed by atoms with E-state index in [2.05, 4.69) is 4.98 Å². The molecule has 1 aromatic heterocycles. The van der Waals surface area contributed by atoms with Crippen molar-refractivity contribution in [3.8, 4) is 5.75 Å². The Morgan fingerprint density at radius 2 is 2.17 bits per heavy atom. The van der Waals surface area contributed by atoms with Crippen molar-refractivity contribution in [3.05, 3.63) is 35.6 Å². The smallest absolute Gasteiger partial charge is 0.129 e. The van der Waals surface area contributed by atoms with Gasteiger partial charge in [0.15, 0.2) is 0 Å². The molecule has 0 amide bonds. The second-order valence-corrected chi connectivity index (χ2v) is 2.89. The predicted molar refractivity (Wildman–Crippen MR) is 48.4 cm³/mol. The van der Waals surface area contributed by atoms with Gasteiger partial charge in [0.2, 0.25) is 0 Å². The lowest BCUT2D eigenvalue weighted by atomic mass is 10.2. The average molecular weight is 180 g/mol. The van der Waals surface area contributed by atoms with E-state index in [9.17, 15) is 5.11 Å². The van der Waals surface area contributed by atoms with Crippen LogP contribution in [0.25, 0.3) is 10.8 Å². The molecule has 2 rings (SSSR count). The van der Waals surface area contributed by atoms with Gasteiger partial charge < -0.3 is 5.11 Å². The molecule has 2 aromatic rings. The van der Waals surface area contributed by atoms with E-state index in [1.54, 1.807) is 24.4 Å². The molecule has 1 heterocycles. The fourth-order valence-corrected chi connectivity index (χ4v) is 1.30. The molecule has 12 heavy (non-hydrogen) atoms. The molecule has 1 N–H and O–H groups in total. The normalized spacial score (nSPS) is 10.4. The molecule has 0 fully saturated rings. The van der Waals surface area contributed by atoms with Gasteiger partial charge in [-0.1, -0.05) is 23.7 Å². The lowest BCUT2D eigenvalue weighted by molar-refractivity contribution is 0.481. The van der Waals surface area contributed by atoms with E-state index >= 15 is 0 Å². The number of rotatable bonds is 0. The molecule has 0 saturated carbocycles.